The lowest BCUT2D eigenvalue weighted by Gasteiger charge is -2.34. The maximum absolute atomic E-state index is 12.6. The molecule has 1 fully saturated rings. The van der Waals surface area contributed by atoms with Crippen LogP contribution in [-0.2, 0) is 11.2 Å². The summed E-state index contributed by atoms with van der Waals surface area (Å²) >= 11 is 0. The molecular weight excluding hydrogens is 382 g/mol. The van der Waals surface area contributed by atoms with Crippen molar-refractivity contribution in [1.82, 2.24) is 25.1 Å². The number of amides is 1. The molecule has 3 aromatic rings. The molecule has 4 rings (SSSR count). The van der Waals surface area contributed by atoms with Gasteiger partial charge < -0.3 is 9.80 Å². The van der Waals surface area contributed by atoms with E-state index in [1.165, 1.54) is 12.4 Å². The van der Waals surface area contributed by atoms with Crippen LogP contribution in [0.2, 0.25) is 0 Å². The molecule has 9 heteroatoms. The molecule has 1 amide bonds. The molecule has 0 saturated carbocycles. The van der Waals surface area contributed by atoms with E-state index in [0.29, 0.717) is 62.3 Å². The van der Waals surface area contributed by atoms with Crippen LogP contribution < -0.4 is 10.5 Å². The molecule has 0 spiro atoms. The number of hydrogen-bond acceptors (Lipinski definition) is 7. The minimum Gasteiger partial charge on any atom is -0.339 e. The number of anilines is 1. The first kappa shape index (κ1) is 19.5. The number of aromatic amines is 1. The second kappa shape index (κ2) is 8.69. The summed E-state index contributed by atoms with van der Waals surface area (Å²) < 4.78 is 0. The van der Waals surface area contributed by atoms with Crippen LogP contribution in [0.5, 0.6) is 0 Å². The van der Waals surface area contributed by atoms with Crippen molar-refractivity contribution >= 4 is 22.6 Å². The average molecular weight is 403 g/mol. The van der Waals surface area contributed by atoms with E-state index in [-0.39, 0.29) is 11.5 Å². The lowest BCUT2D eigenvalue weighted by molar-refractivity contribution is -0.131. The minimum absolute atomic E-state index is 0.115. The Kier molecular flexibility index (Phi) is 5.66. The fourth-order valence-corrected chi connectivity index (χ4v) is 3.63. The number of nitriles is 1. The van der Waals surface area contributed by atoms with Crippen LogP contribution in [-0.4, -0.2) is 57.2 Å². The number of H-pyrrole nitrogens is 1. The summed E-state index contributed by atoms with van der Waals surface area (Å²) in [4.78, 5) is 36.8. The molecular formula is C21H21N7O2. The quantitative estimate of drug-likeness (QED) is 0.681. The second-order valence-corrected chi connectivity index (χ2v) is 7.15. The zero-order valence-electron chi connectivity index (χ0n) is 16.4. The lowest BCUT2D eigenvalue weighted by atomic mass is 10.1. The van der Waals surface area contributed by atoms with E-state index in [1.54, 1.807) is 6.07 Å². The number of fused-ring (bicyclic) bond motifs is 1. The van der Waals surface area contributed by atoms with Crippen molar-refractivity contribution in [3.05, 3.63) is 58.3 Å². The standard InChI is InChI=1S/C21H21N7O2/c22-12-15-13-23-21(24-14-15)28-10-8-27(9-11-28)19(29)7-3-6-18-16-4-1-2-5-17(16)20(30)26-25-18/h1-2,4-5,13-14H,3,6-11H2,(H,26,30). The van der Waals surface area contributed by atoms with E-state index in [9.17, 15) is 9.59 Å². The maximum Gasteiger partial charge on any atom is 0.272 e. The molecule has 0 radical (unpaired) electrons. The van der Waals surface area contributed by atoms with Gasteiger partial charge in [-0.3, -0.25) is 9.59 Å². The Hall–Kier alpha value is -3.80. The van der Waals surface area contributed by atoms with E-state index < -0.39 is 0 Å². The first-order valence-electron chi connectivity index (χ1n) is 9.87. The number of carbonyl (C=O) groups is 1. The highest BCUT2D eigenvalue weighted by atomic mass is 16.2. The van der Waals surface area contributed by atoms with Crippen LogP contribution in [0, 0.1) is 11.3 Å². The van der Waals surface area contributed by atoms with Gasteiger partial charge in [-0.1, -0.05) is 18.2 Å². The molecule has 2 aromatic heterocycles. The van der Waals surface area contributed by atoms with Gasteiger partial charge in [0.05, 0.1) is 29.0 Å². The van der Waals surface area contributed by atoms with Crippen molar-refractivity contribution in [2.45, 2.75) is 19.3 Å². The summed E-state index contributed by atoms with van der Waals surface area (Å²) in [5.41, 5.74) is 1.03. The van der Waals surface area contributed by atoms with Crippen molar-refractivity contribution in [3.63, 3.8) is 0 Å². The van der Waals surface area contributed by atoms with Gasteiger partial charge in [0.2, 0.25) is 11.9 Å². The number of carbonyl (C=O) groups excluding carboxylic acids is 1. The normalized spacial score (nSPS) is 14.0. The van der Waals surface area contributed by atoms with Crippen molar-refractivity contribution < 1.29 is 4.79 Å². The van der Waals surface area contributed by atoms with Crippen molar-refractivity contribution in [2.24, 2.45) is 0 Å². The Morgan fingerprint density at radius 2 is 1.80 bits per heavy atom. The topological polar surface area (TPSA) is 119 Å². The molecule has 1 aromatic carbocycles. The summed E-state index contributed by atoms with van der Waals surface area (Å²) in [5.74, 6) is 0.696. The molecule has 9 nitrogen and oxygen atoms in total. The molecule has 152 valence electrons. The van der Waals surface area contributed by atoms with Crippen molar-refractivity contribution in [3.8, 4) is 6.07 Å². The smallest absolute Gasteiger partial charge is 0.272 e. The highest BCUT2D eigenvalue weighted by Crippen LogP contribution is 2.16. The zero-order chi connectivity index (χ0) is 20.9. The maximum atomic E-state index is 12.6. The zero-order valence-corrected chi connectivity index (χ0v) is 16.4. The average Bonchev–Trinajstić information content (AvgIpc) is 2.81. The molecule has 0 aliphatic carbocycles. The van der Waals surface area contributed by atoms with Crippen LogP contribution in [0.25, 0.3) is 10.8 Å². The largest absolute Gasteiger partial charge is 0.339 e. The van der Waals surface area contributed by atoms with Crippen LogP contribution >= 0.6 is 0 Å². The van der Waals surface area contributed by atoms with Crippen molar-refractivity contribution in [2.75, 3.05) is 31.1 Å². The number of nitrogens with zero attached hydrogens (tertiary/aromatic N) is 6. The third-order valence-electron chi connectivity index (χ3n) is 5.26. The van der Waals surface area contributed by atoms with Gasteiger partial charge >= 0.3 is 0 Å². The molecule has 0 bridgehead atoms. The number of nitrogens with one attached hydrogen (secondary N) is 1. The highest BCUT2D eigenvalue weighted by molar-refractivity contribution is 5.83. The SMILES string of the molecule is N#Cc1cnc(N2CCN(C(=O)CCCc3n[nH]c(=O)c4ccccc34)CC2)nc1. The fraction of sp³-hybridized carbons (Fsp3) is 0.333. The van der Waals surface area contributed by atoms with Gasteiger partial charge in [-0.2, -0.15) is 10.4 Å². The van der Waals surface area contributed by atoms with Gasteiger partial charge in [-0.05, 0) is 18.9 Å². The Labute approximate surface area is 173 Å². The summed E-state index contributed by atoms with van der Waals surface area (Å²) in [5, 5.41) is 17.0. The summed E-state index contributed by atoms with van der Waals surface area (Å²) in [6.45, 7) is 2.54. The fourth-order valence-electron chi connectivity index (χ4n) is 3.63. The van der Waals surface area contributed by atoms with Crippen LogP contribution in [0.3, 0.4) is 0 Å². The Morgan fingerprint density at radius 3 is 2.50 bits per heavy atom. The van der Waals surface area contributed by atoms with Crippen LogP contribution in [0.1, 0.15) is 24.1 Å². The van der Waals surface area contributed by atoms with E-state index in [4.69, 9.17) is 5.26 Å². The van der Waals surface area contributed by atoms with Gasteiger partial charge in [-0.15, -0.1) is 0 Å². The Balaban J connectivity index is 1.29. The number of rotatable bonds is 5. The molecule has 30 heavy (non-hydrogen) atoms. The first-order chi connectivity index (χ1) is 14.7. The monoisotopic (exact) mass is 403 g/mol. The van der Waals surface area contributed by atoms with E-state index >= 15 is 0 Å². The van der Waals surface area contributed by atoms with Gasteiger partial charge in [0, 0.05) is 38.0 Å². The number of benzene rings is 1. The Bertz CT molecular complexity index is 1140. The summed E-state index contributed by atoms with van der Waals surface area (Å²) in [6, 6.07) is 9.38. The van der Waals surface area contributed by atoms with Gasteiger partial charge in [0.25, 0.3) is 5.56 Å². The number of aryl methyl sites for hydroxylation is 1. The summed E-state index contributed by atoms with van der Waals surface area (Å²) in [7, 11) is 0. The third-order valence-corrected chi connectivity index (χ3v) is 5.26. The highest BCUT2D eigenvalue weighted by Gasteiger charge is 2.22. The van der Waals surface area contributed by atoms with Crippen molar-refractivity contribution in [1.29, 1.82) is 5.26 Å². The van der Waals surface area contributed by atoms with Gasteiger partial charge in [0.15, 0.2) is 0 Å². The number of hydrogen-bond donors (Lipinski definition) is 1. The third kappa shape index (κ3) is 4.12. The Morgan fingerprint density at radius 1 is 1.10 bits per heavy atom. The molecule has 1 saturated heterocycles. The minimum atomic E-state index is -0.199. The molecule has 3 heterocycles. The predicted octanol–water partition coefficient (Wildman–Crippen LogP) is 1.26. The first-order valence-corrected chi connectivity index (χ1v) is 9.87. The van der Waals surface area contributed by atoms with E-state index in [1.807, 2.05) is 34.1 Å². The molecule has 0 unspecified atom stereocenters. The lowest BCUT2D eigenvalue weighted by Crippen LogP contribution is -2.49. The van der Waals surface area contributed by atoms with Crippen LogP contribution in [0.15, 0.2) is 41.5 Å². The number of piperazine rings is 1. The second-order valence-electron chi connectivity index (χ2n) is 7.15. The summed E-state index contributed by atoms with van der Waals surface area (Å²) in [6.07, 6.45) is 4.74. The van der Waals surface area contributed by atoms with Crippen LogP contribution in [0.4, 0.5) is 5.95 Å². The molecule has 1 aliphatic heterocycles. The van der Waals surface area contributed by atoms with E-state index in [2.05, 4.69) is 20.2 Å². The predicted molar refractivity (Wildman–Crippen MR) is 111 cm³/mol. The molecule has 1 aliphatic rings. The molecule has 1 N–H and O–H groups in total. The van der Waals surface area contributed by atoms with E-state index in [0.717, 1.165) is 11.1 Å². The van der Waals surface area contributed by atoms with Gasteiger partial charge in [0.1, 0.15) is 6.07 Å². The van der Waals surface area contributed by atoms with Gasteiger partial charge in [-0.25, -0.2) is 15.1 Å². The molecule has 0 atom stereocenters. The number of aromatic nitrogens is 4.